The number of aromatic nitrogens is 1. The molecule has 0 unspecified atom stereocenters. The maximum absolute atomic E-state index is 12.6. The zero-order chi connectivity index (χ0) is 21.5. The molecule has 0 aliphatic carbocycles. The number of carbonyl (C=O) groups is 3. The topological polar surface area (TPSA) is 110 Å². The summed E-state index contributed by atoms with van der Waals surface area (Å²) in [6, 6.07) is 7.91. The number of carbonyl (C=O) groups excluding carboxylic acids is 3. The highest BCUT2D eigenvalue weighted by atomic mass is 32.1. The van der Waals surface area contributed by atoms with Crippen LogP contribution >= 0.6 is 11.3 Å². The van der Waals surface area contributed by atoms with Crippen LogP contribution in [-0.4, -0.2) is 40.0 Å². The van der Waals surface area contributed by atoms with E-state index in [1.165, 1.54) is 29.9 Å². The number of urea groups is 1. The fraction of sp³-hybridized carbons (Fsp3) is 0.190. The van der Waals surface area contributed by atoms with E-state index >= 15 is 0 Å². The summed E-state index contributed by atoms with van der Waals surface area (Å²) in [6.07, 6.45) is 1.67. The second kappa shape index (κ2) is 7.24. The van der Waals surface area contributed by atoms with Crippen molar-refractivity contribution >= 4 is 39.8 Å². The maximum Gasteiger partial charge on any atom is 0.323 e. The molecule has 1 aliphatic heterocycles. The fourth-order valence-corrected chi connectivity index (χ4v) is 3.98. The fourth-order valence-electron chi connectivity index (χ4n) is 3.22. The summed E-state index contributed by atoms with van der Waals surface area (Å²) in [5.74, 6) is 5.52. The van der Waals surface area contributed by atoms with Crippen molar-refractivity contribution in [2.45, 2.75) is 19.0 Å². The van der Waals surface area contributed by atoms with E-state index in [0.717, 1.165) is 5.39 Å². The lowest BCUT2D eigenvalue weighted by atomic mass is 10.0. The summed E-state index contributed by atoms with van der Waals surface area (Å²) < 4.78 is 6.65. The second-order valence-electron chi connectivity index (χ2n) is 6.82. The Morgan fingerprint density at radius 1 is 1.30 bits per heavy atom. The largest absolute Gasteiger partial charge is 0.497 e. The molecule has 3 heterocycles. The van der Waals surface area contributed by atoms with Gasteiger partial charge >= 0.3 is 6.03 Å². The molecule has 4 rings (SSSR count). The van der Waals surface area contributed by atoms with E-state index in [-0.39, 0.29) is 18.2 Å². The van der Waals surface area contributed by atoms with Gasteiger partial charge in [-0.1, -0.05) is 11.8 Å². The lowest BCUT2D eigenvalue weighted by Gasteiger charge is -2.20. The van der Waals surface area contributed by atoms with Gasteiger partial charge in [-0.3, -0.25) is 14.9 Å². The Bertz CT molecular complexity index is 1260. The lowest BCUT2D eigenvalue weighted by molar-refractivity contribution is -0.122. The van der Waals surface area contributed by atoms with Crippen molar-refractivity contribution in [1.29, 1.82) is 0 Å². The van der Waals surface area contributed by atoms with E-state index < -0.39 is 17.5 Å². The second-order valence-corrected chi connectivity index (χ2v) is 7.90. The molecule has 0 bridgehead atoms. The summed E-state index contributed by atoms with van der Waals surface area (Å²) in [4.78, 5) is 37.1. The van der Waals surface area contributed by atoms with Crippen LogP contribution in [0.1, 0.15) is 21.5 Å². The van der Waals surface area contributed by atoms with E-state index in [4.69, 9.17) is 4.74 Å². The monoisotopic (exact) mass is 423 g/mol. The highest BCUT2D eigenvalue weighted by Gasteiger charge is 2.46. The highest BCUT2D eigenvalue weighted by Crippen LogP contribution is 2.32. The normalized spacial score (nSPS) is 17.9. The van der Waals surface area contributed by atoms with Gasteiger partial charge in [0.1, 0.15) is 5.75 Å². The molecular weight excluding hydrogens is 406 g/mol. The third-order valence-corrected chi connectivity index (χ3v) is 5.87. The number of aromatic hydroxyl groups is 1. The van der Waals surface area contributed by atoms with Crippen molar-refractivity contribution < 1.29 is 24.2 Å². The van der Waals surface area contributed by atoms with E-state index in [1.54, 1.807) is 36.5 Å². The Kier molecular flexibility index (Phi) is 4.72. The summed E-state index contributed by atoms with van der Waals surface area (Å²) in [5.41, 5.74) is -1.58. The van der Waals surface area contributed by atoms with Crippen LogP contribution in [0, 0.1) is 11.8 Å². The molecule has 152 valence electrons. The summed E-state index contributed by atoms with van der Waals surface area (Å²) in [6.45, 7) is 1.36. The molecule has 8 nitrogen and oxygen atoms in total. The Hall–Kier alpha value is -3.77. The molecular formula is C21H17N3O5S. The van der Waals surface area contributed by atoms with Crippen LogP contribution in [0.4, 0.5) is 4.79 Å². The number of methoxy groups -OCH3 is 1. The molecule has 1 fully saturated rings. The molecule has 0 spiro atoms. The number of ketones is 1. The van der Waals surface area contributed by atoms with Crippen molar-refractivity contribution in [3.05, 3.63) is 46.3 Å². The molecule has 1 atom stereocenters. The molecule has 1 aromatic carbocycles. The molecule has 1 aliphatic rings. The van der Waals surface area contributed by atoms with Gasteiger partial charge in [-0.05, 0) is 37.3 Å². The molecule has 3 amide bonds. The average Bonchev–Trinajstić information content (AvgIpc) is 3.38. The first kappa shape index (κ1) is 19.5. The van der Waals surface area contributed by atoms with Crippen LogP contribution in [0.2, 0.25) is 0 Å². The van der Waals surface area contributed by atoms with E-state index in [9.17, 15) is 19.5 Å². The molecule has 0 saturated carbocycles. The summed E-state index contributed by atoms with van der Waals surface area (Å²) >= 11 is 1.20. The Labute approximate surface area is 175 Å². The van der Waals surface area contributed by atoms with Crippen molar-refractivity contribution in [1.82, 2.24) is 15.2 Å². The first-order chi connectivity index (χ1) is 14.3. The standard InChI is InChI=1S/C21H17N3O5S/c1-12(25)17-6-5-15(30-17)7-8-21(19(27)22-20(28)23-21)11-24-10-13-3-4-14(29-2)9-16(13)18(24)26/h3-6,9-10,26H,11H2,1-2H3,(H2,22,23,27,28)/t21-/m1/s1. The van der Waals surface area contributed by atoms with Crippen molar-refractivity contribution in [2.24, 2.45) is 0 Å². The van der Waals surface area contributed by atoms with Gasteiger partial charge in [-0.2, -0.15) is 0 Å². The quantitative estimate of drug-likeness (QED) is 0.339. The number of hydrogen-bond acceptors (Lipinski definition) is 6. The predicted molar refractivity (Wildman–Crippen MR) is 111 cm³/mol. The minimum atomic E-state index is -1.58. The van der Waals surface area contributed by atoms with Gasteiger partial charge in [0.15, 0.2) is 11.7 Å². The van der Waals surface area contributed by atoms with E-state index in [1.807, 2.05) is 0 Å². The van der Waals surface area contributed by atoms with Crippen molar-refractivity contribution in [2.75, 3.05) is 7.11 Å². The van der Waals surface area contributed by atoms with Gasteiger partial charge in [0.05, 0.1) is 23.4 Å². The van der Waals surface area contributed by atoms with Crippen LogP contribution in [0.15, 0.2) is 36.5 Å². The number of ether oxygens (including phenoxy) is 1. The Morgan fingerprint density at radius 3 is 2.73 bits per heavy atom. The number of hydrogen-bond donors (Lipinski definition) is 3. The number of benzene rings is 1. The number of amides is 3. The smallest absolute Gasteiger partial charge is 0.323 e. The molecule has 0 radical (unpaired) electrons. The van der Waals surface area contributed by atoms with E-state index in [0.29, 0.717) is 20.9 Å². The van der Waals surface area contributed by atoms with Gasteiger partial charge in [0.25, 0.3) is 5.91 Å². The first-order valence-corrected chi connectivity index (χ1v) is 9.76. The van der Waals surface area contributed by atoms with Gasteiger partial charge < -0.3 is 19.7 Å². The van der Waals surface area contributed by atoms with Crippen LogP contribution < -0.4 is 15.4 Å². The third kappa shape index (κ3) is 3.38. The predicted octanol–water partition coefficient (Wildman–Crippen LogP) is 2.25. The van der Waals surface area contributed by atoms with Gasteiger partial charge in [0, 0.05) is 17.0 Å². The van der Waals surface area contributed by atoms with Crippen molar-refractivity contribution in [3.8, 4) is 23.5 Å². The molecule has 1 saturated heterocycles. The van der Waals surface area contributed by atoms with Crippen LogP contribution in [0.5, 0.6) is 11.6 Å². The van der Waals surface area contributed by atoms with Crippen LogP contribution in [0.25, 0.3) is 10.8 Å². The van der Waals surface area contributed by atoms with Crippen molar-refractivity contribution in [3.63, 3.8) is 0 Å². The van der Waals surface area contributed by atoms with Gasteiger partial charge in [-0.25, -0.2) is 4.79 Å². The Morgan fingerprint density at radius 2 is 2.10 bits per heavy atom. The number of nitrogens with zero attached hydrogens (tertiary/aromatic N) is 1. The third-order valence-electron chi connectivity index (χ3n) is 4.77. The lowest BCUT2D eigenvalue weighted by Crippen LogP contribution is -2.49. The first-order valence-electron chi connectivity index (χ1n) is 8.95. The number of thiophene rings is 1. The van der Waals surface area contributed by atoms with E-state index in [2.05, 4.69) is 22.5 Å². The zero-order valence-electron chi connectivity index (χ0n) is 16.1. The summed E-state index contributed by atoms with van der Waals surface area (Å²) in [5, 5.41) is 16.7. The number of imide groups is 1. The highest BCUT2D eigenvalue weighted by molar-refractivity contribution is 7.14. The molecule has 2 aromatic heterocycles. The molecule has 3 N–H and O–H groups in total. The van der Waals surface area contributed by atoms with Crippen LogP contribution in [0.3, 0.4) is 0 Å². The minimum Gasteiger partial charge on any atom is -0.497 e. The number of Topliss-reactive ketones (excluding diaryl/α,β-unsaturated/α-hetero) is 1. The Balaban J connectivity index is 1.74. The number of rotatable bonds is 4. The molecule has 3 aromatic rings. The SMILES string of the molecule is COc1ccc2cn(C[C@@]3(C#Cc4ccc(C(C)=O)s4)NC(=O)NC3=O)c(O)c2c1. The molecule has 9 heteroatoms. The average molecular weight is 423 g/mol. The summed E-state index contributed by atoms with van der Waals surface area (Å²) in [7, 11) is 1.53. The number of fused-ring (bicyclic) bond motifs is 1. The maximum atomic E-state index is 12.6. The molecule has 30 heavy (non-hydrogen) atoms. The zero-order valence-corrected chi connectivity index (χ0v) is 16.9. The minimum absolute atomic E-state index is 0.0749. The number of nitrogens with one attached hydrogen (secondary N) is 2. The van der Waals surface area contributed by atoms with Crippen LogP contribution in [-0.2, 0) is 11.3 Å². The van der Waals surface area contributed by atoms with Gasteiger partial charge in [-0.15, -0.1) is 11.3 Å². The van der Waals surface area contributed by atoms with Gasteiger partial charge in [0.2, 0.25) is 5.54 Å².